The van der Waals surface area contributed by atoms with Crippen LogP contribution in [-0.2, 0) is 9.53 Å². The summed E-state index contributed by atoms with van der Waals surface area (Å²) in [6, 6.07) is 2.72. The fourth-order valence-electron chi connectivity index (χ4n) is 1.16. The van der Waals surface area contributed by atoms with Crippen molar-refractivity contribution in [3.63, 3.8) is 0 Å². The molecule has 0 heterocycles. The zero-order chi connectivity index (χ0) is 12.1. The average molecular weight is 267 g/mol. The van der Waals surface area contributed by atoms with Gasteiger partial charge >= 0.3 is 0 Å². The number of methoxy groups -OCH3 is 1. The van der Waals surface area contributed by atoms with Crippen LogP contribution in [0.1, 0.15) is 0 Å². The zero-order valence-corrected chi connectivity index (χ0v) is 9.89. The summed E-state index contributed by atoms with van der Waals surface area (Å²) in [5.74, 6) is -2.08. The molecule has 7 heteroatoms. The summed E-state index contributed by atoms with van der Waals surface area (Å²) in [6.07, 6.45) is -0.841. The van der Waals surface area contributed by atoms with Crippen LogP contribution >= 0.6 is 12.4 Å². The number of nitrogens with one attached hydrogen (secondary N) is 1. The van der Waals surface area contributed by atoms with E-state index < -0.39 is 23.6 Å². The van der Waals surface area contributed by atoms with E-state index in [-0.39, 0.29) is 24.6 Å². The Hall–Kier alpha value is -1.24. The summed E-state index contributed by atoms with van der Waals surface area (Å²) in [4.78, 5) is 11.4. The molecule has 1 amide bonds. The molecule has 1 aromatic rings. The maximum Gasteiger partial charge on any atom is 0.254 e. The highest BCUT2D eigenvalue weighted by Gasteiger charge is 2.16. The third-order valence-electron chi connectivity index (χ3n) is 1.92. The molecule has 0 saturated carbocycles. The smallest absolute Gasteiger partial charge is 0.254 e. The molecule has 0 spiro atoms. The quantitative estimate of drug-likeness (QED) is 0.863. The van der Waals surface area contributed by atoms with E-state index in [1.54, 1.807) is 0 Å². The monoisotopic (exact) mass is 266 g/mol. The van der Waals surface area contributed by atoms with Gasteiger partial charge in [0.1, 0.15) is 17.7 Å². The summed E-state index contributed by atoms with van der Waals surface area (Å²) < 4.78 is 30.4. The molecule has 1 unspecified atom stereocenters. The Morgan fingerprint density at radius 3 is 2.35 bits per heavy atom. The van der Waals surface area contributed by atoms with Gasteiger partial charge in [0, 0.05) is 25.4 Å². The van der Waals surface area contributed by atoms with Crippen LogP contribution in [0.3, 0.4) is 0 Å². The molecule has 1 atom stereocenters. The molecule has 17 heavy (non-hydrogen) atoms. The Balaban J connectivity index is 0.00000256. The second-order valence-electron chi connectivity index (χ2n) is 3.11. The SMILES string of the molecule is COC(CN)C(=O)Nc1cc(F)cc(F)c1.Cl. The third-order valence-corrected chi connectivity index (χ3v) is 1.92. The lowest BCUT2D eigenvalue weighted by Gasteiger charge is -2.13. The molecule has 96 valence electrons. The molecule has 0 saturated heterocycles. The zero-order valence-electron chi connectivity index (χ0n) is 9.07. The van der Waals surface area contributed by atoms with Gasteiger partial charge in [0.05, 0.1) is 0 Å². The van der Waals surface area contributed by atoms with Gasteiger partial charge in [-0.1, -0.05) is 0 Å². The fourth-order valence-corrected chi connectivity index (χ4v) is 1.16. The third kappa shape index (κ3) is 4.64. The number of hydrogen-bond donors (Lipinski definition) is 2. The molecule has 0 aliphatic carbocycles. The molecule has 1 rings (SSSR count). The number of amides is 1. The second kappa shape index (κ2) is 7.16. The lowest BCUT2D eigenvalue weighted by atomic mass is 10.2. The van der Waals surface area contributed by atoms with Crippen molar-refractivity contribution < 1.29 is 18.3 Å². The number of anilines is 1. The first-order chi connectivity index (χ1) is 7.56. The first-order valence-electron chi connectivity index (χ1n) is 4.56. The number of carbonyl (C=O) groups excluding carboxylic acids is 1. The first kappa shape index (κ1) is 15.8. The number of nitrogens with two attached hydrogens (primary N) is 1. The molecule has 0 aliphatic rings. The standard InChI is InChI=1S/C10H12F2N2O2.ClH/c1-16-9(5-13)10(15)14-8-3-6(11)2-7(12)4-8;/h2-4,9H,5,13H2,1H3,(H,14,15);1H. The fraction of sp³-hybridized carbons (Fsp3) is 0.300. The number of benzene rings is 1. The summed E-state index contributed by atoms with van der Waals surface area (Å²) in [6.45, 7) is -0.0138. The van der Waals surface area contributed by atoms with E-state index in [2.05, 4.69) is 5.32 Å². The van der Waals surface area contributed by atoms with Crippen molar-refractivity contribution in [1.29, 1.82) is 0 Å². The van der Waals surface area contributed by atoms with Gasteiger partial charge in [-0.25, -0.2) is 8.78 Å². The lowest BCUT2D eigenvalue weighted by molar-refractivity contribution is -0.125. The van der Waals surface area contributed by atoms with Crippen molar-refractivity contribution in [3.8, 4) is 0 Å². The van der Waals surface area contributed by atoms with Gasteiger partial charge in [-0.05, 0) is 12.1 Å². The minimum Gasteiger partial charge on any atom is -0.370 e. The van der Waals surface area contributed by atoms with Gasteiger partial charge in [-0.3, -0.25) is 4.79 Å². The summed E-state index contributed by atoms with van der Waals surface area (Å²) >= 11 is 0. The van der Waals surface area contributed by atoms with Crippen LogP contribution in [0.15, 0.2) is 18.2 Å². The molecule has 0 aliphatic heterocycles. The van der Waals surface area contributed by atoms with Crippen molar-refractivity contribution >= 4 is 24.0 Å². The van der Waals surface area contributed by atoms with Crippen LogP contribution in [-0.4, -0.2) is 25.7 Å². The van der Waals surface area contributed by atoms with Crippen molar-refractivity contribution in [2.45, 2.75) is 6.10 Å². The van der Waals surface area contributed by atoms with Crippen molar-refractivity contribution in [2.24, 2.45) is 5.73 Å². The van der Waals surface area contributed by atoms with Gasteiger partial charge in [-0.15, -0.1) is 12.4 Å². The Kier molecular flexibility index (Phi) is 6.64. The average Bonchev–Trinajstić information content (AvgIpc) is 2.17. The van der Waals surface area contributed by atoms with E-state index in [1.807, 2.05) is 0 Å². The van der Waals surface area contributed by atoms with E-state index in [4.69, 9.17) is 10.5 Å². The molecule has 0 bridgehead atoms. The molecule has 3 N–H and O–H groups in total. The maximum atomic E-state index is 12.8. The van der Waals surface area contributed by atoms with E-state index in [9.17, 15) is 13.6 Å². The molecule has 0 aromatic heterocycles. The van der Waals surface area contributed by atoms with E-state index in [0.717, 1.165) is 12.1 Å². The first-order valence-corrected chi connectivity index (χ1v) is 4.56. The molecule has 4 nitrogen and oxygen atoms in total. The van der Waals surface area contributed by atoms with Gasteiger partial charge in [0.15, 0.2) is 0 Å². The lowest BCUT2D eigenvalue weighted by Crippen LogP contribution is -2.35. The highest BCUT2D eigenvalue weighted by molar-refractivity contribution is 5.94. The van der Waals surface area contributed by atoms with Gasteiger partial charge in [-0.2, -0.15) is 0 Å². The summed E-state index contributed by atoms with van der Waals surface area (Å²) in [7, 11) is 1.32. The summed E-state index contributed by atoms with van der Waals surface area (Å²) in [5, 5.41) is 2.30. The number of ether oxygens (including phenoxy) is 1. The van der Waals surface area contributed by atoms with Crippen LogP contribution in [0.4, 0.5) is 14.5 Å². The normalized spacial score (nSPS) is 11.5. The molecular formula is C10H13ClF2N2O2. The van der Waals surface area contributed by atoms with Crippen molar-refractivity contribution in [1.82, 2.24) is 0 Å². The topological polar surface area (TPSA) is 64.3 Å². The molecule has 0 radical (unpaired) electrons. The Bertz CT molecular complexity index is 366. The summed E-state index contributed by atoms with van der Waals surface area (Å²) in [5.41, 5.74) is 5.29. The van der Waals surface area contributed by atoms with E-state index in [1.165, 1.54) is 7.11 Å². The van der Waals surface area contributed by atoms with Crippen LogP contribution < -0.4 is 11.1 Å². The van der Waals surface area contributed by atoms with Crippen molar-refractivity contribution in [2.75, 3.05) is 19.0 Å². The minimum atomic E-state index is -0.841. The maximum absolute atomic E-state index is 12.8. The van der Waals surface area contributed by atoms with Gasteiger partial charge in [0.2, 0.25) is 0 Å². The van der Waals surface area contributed by atoms with Crippen LogP contribution in [0, 0.1) is 11.6 Å². The Morgan fingerprint density at radius 1 is 1.41 bits per heavy atom. The van der Waals surface area contributed by atoms with Gasteiger partial charge in [0.25, 0.3) is 5.91 Å². The highest BCUT2D eigenvalue weighted by atomic mass is 35.5. The van der Waals surface area contributed by atoms with Crippen molar-refractivity contribution in [3.05, 3.63) is 29.8 Å². The van der Waals surface area contributed by atoms with Crippen LogP contribution in [0.2, 0.25) is 0 Å². The molecule has 0 fully saturated rings. The minimum absolute atomic E-state index is 0. The molecule has 1 aromatic carbocycles. The van der Waals surface area contributed by atoms with E-state index >= 15 is 0 Å². The number of carbonyl (C=O) groups is 1. The largest absolute Gasteiger partial charge is 0.370 e. The second-order valence-corrected chi connectivity index (χ2v) is 3.11. The molecular weight excluding hydrogens is 254 g/mol. The van der Waals surface area contributed by atoms with Gasteiger partial charge < -0.3 is 15.8 Å². The predicted molar refractivity (Wildman–Crippen MR) is 62.1 cm³/mol. The number of halogens is 3. The van der Waals surface area contributed by atoms with Crippen LogP contribution in [0.25, 0.3) is 0 Å². The van der Waals surface area contributed by atoms with Crippen LogP contribution in [0.5, 0.6) is 0 Å². The predicted octanol–water partition coefficient (Wildman–Crippen LogP) is 1.30. The Labute approximate surface area is 104 Å². The Morgan fingerprint density at radius 2 is 1.94 bits per heavy atom. The number of rotatable bonds is 4. The number of hydrogen-bond acceptors (Lipinski definition) is 3. The highest BCUT2D eigenvalue weighted by Crippen LogP contribution is 2.13. The van der Waals surface area contributed by atoms with E-state index in [0.29, 0.717) is 6.07 Å².